The minimum Gasteiger partial charge on any atom is -0.339 e. The summed E-state index contributed by atoms with van der Waals surface area (Å²) in [5.41, 5.74) is 1.43. The number of nitriles is 1. The van der Waals surface area contributed by atoms with Gasteiger partial charge in [-0.1, -0.05) is 12.1 Å². The van der Waals surface area contributed by atoms with Crippen molar-refractivity contribution in [3.63, 3.8) is 0 Å². The van der Waals surface area contributed by atoms with Gasteiger partial charge in [0.15, 0.2) is 0 Å². The Morgan fingerprint density at radius 2 is 1.80 bits per heavy atom. The Morgan fingerprint density at radius 1 is 1.04 bits per heavy atom. The van der Waals surface area contributed by atoms with Gasteiger partial charge in [0.25, 0.3) is 5.91 Å². The molecular weight excluding hydrogens is 321 g/mol. The number of carbonyl (C=O) groups is 1. The lowest BCUT2D eigenvalue weighted by atomic mass is 10.2. The van der Waals surface area contributed by atoms with E-state index < -0.39 is 11.7 Å². The highest BCUT2D eigenvalue weighted by atomic mass is 19.1. The Labute approximate surface area is 143 Å². The summed E-state index contributed by atoms with van der Waals surface area (Å²) < 4.78 is 13.5. The average molecular weight is 333 g/mol. The number of aromatic nitrogens is 2. The van der Waals surface area contributed by atoms with Crippen molar-refractivity contribution in [2.24, 2.45) is 0 Å². The second-order valence-corrected chi connectivity index (χ2v) is 5.04. The first-order chi connectivity index (χ1) is 12.2. The minimum absolute atomic E-state index is 0.0635. The zero-order valence-electron chi connectivity index (χ0n) is 12.9. The second kappa shape index (κ2) is 7.19. The van der Waals surface area contributed by atoms with Gasteiger partial charge in [0.1, 0.15) is 17.3 Å². The molecule has 7 heteroatoms. The van der Waals surface area contributed by atoms with Crippen molar-refractivity contribution in [3.8, 4) is 6.07 Å². The quantitative estimate of drug-likeness (QED) is 0.763. The second-order valence-electron chi connectivity index (χ2n) is 5.04. The van der Waals surface area contributed by atoms with Crippen LogP contribution in [0.3, 0.4) is 0 Å². The van der Waals surface area contributed by atoms with Crippen molar-refractivity contribution >= 4 is 23.1 Å². The maximum absolute atomic E-state index is 13.5. The number of hydrogen-bond donors (Lipinski definition) is 2. The lowest BCUT2D eigenvalue weighted by molar-refractivity contribution is 0.102. The third-order valence-corrected chi connectivity index (χ3v) is 3.29. The molecular formula is C18H12FN5O. The third kappa shape index (κ3) is 3.95. The molecule has 1 amide bonds. The fourth-order valence-corrected chi connectivity index (χ4v) is 2.03. The zero-order valence-corrected chi connectivity index (χ0v) is 12.9. The summed E-state index contributed by atoms with van der Waals surface area (Å²) in [5, 5.41) is 14.2. The smallest absolute Gasteiger partial charge is 0.275 e. The number of halogens is 1. The number of nitrogens with one attached hydrogen (secondary N) is 2. The molecule has 1 aromatic heterocycles. The van der Waals surface area contributed by atoms with Crippen molar-refractivity contribution in [2.45, 2.75) is 0 Å². The summed E-state index contributed by atoms with van der Waals surface area (Å²) in [7, 11) is 0. The Hall–Kier alpha value is -3.79. The van der Waals surface area contributed by atoms with Crippen molar-refractivity contribution in [1.29, 1.82) is 5.26 Å². The molecule has 0 aliphatic heterocycles. The standard InChI is InChI=1S/C18H12FN5O/c19-14-3-1-2-4-15(14)24-18(25)16-10-22-17(11-21-16)23-13-7-5-12(9-20)6-8-13/h1-8,10-11H,(H,22,23)(H,24,25). The van der Waals surface area contributed by atoms with Gasteiger partial charge in [-0.15, -0.1) is 0 Å². The molecule has 0 fully saturated rings. The summed E-state index contributed by atoms with van der Waals surface area (Å²) in [4.78, 5) is 20.2. The van der Waals surface area contributed by atoms with Crippen LogP contribution < -0.4 is 10.6 Å². The summed E-state index contributed by atoms with van der Waals surface area (Å²) in [6.07, 6.45) is 2.69. The lowest BCUT2D eigenvalue weighted by Gasteiger charge is -2.07. The zero-order chi connectivity index (χ0) is 17.6. The van der Waals surface area contributed by atoms with Crippen LogP contribution in [0.1, 0.15) is 16.1 Å². The van der Waals surface area contributed by atoms with E-state index in [0.29, 0.717) is 11.4 Å². The highest BCUT2D eigenvalue weighted by Crippen LogP contribution is 2.16. The van der Waals surface area contributed by atoms with Crippen LogP contribution in [0.4, 0.5) is 21.6 Å². The molecule has 2 aromatic carbocycles. The molecule has 25 heavy (non-hydrogen) atoms. The molecule has 0 unspecified atom stereocenters. The van der Waals surface area contributed by atoms with Crippen LogP contribution in [0, 0.1) is 17.1 Å². The summed E-state index contributed by atoms with van der Waals surface area (Å²) in [5.74, 6) is -0.641. The predicted octanol–water partition coefficient (Wildman–Crippen LogP) is 3.48. The summed E-state index contributed by atoms with van der Waals surface area (Å²) in [6.45, 7) is 0. The monoisotopic (exact) mass is 333 g/mol. The first-order valence-electron chi connectivity index (χ1n) is 7.31. The third-order valence-electron chi connectivity index (χ3n) is 3.29. The number of carbonyl (C=O) groups excluding carboxylic acids is 1. The van der Waals surface area contributed by atoms with E-state index in [1.54, 1.807) is 30.3 Å². The Morgan fingerprint density at radius 3 is 2.44 bits per heavy atom. The van der Waals surface area contributed by atoms with E-state index in [2.05, 4.69) is 20.6 Å². The van der Waals surface area contributed by atoms with Gasteiger partial charge in [-0.3, -0.25) is 4.79 Å². The lowest BCUT2D eigenvalue weighted by Crippen LogP contribution is -2.15. The van der Waals surface area contributed by atoms with E-state index in [0.717, 1.165) is 5.69 Å². The van der Waals surface area contributed by atoms with E-state index >= 15 is 0 Å². The fourth-order valence-electron chi connectivity index (χ4n) is 2.03. The molecule has 3 rings (SSSR count). The van der Waals surface area contributed by atoms with Gasteiger partial charge < -0.3 is 10.6 Å². The Kier molecular flexibility index (Phi) is 4.62. The first-order valence-corrected chi connectivity index (χ1v) is 7.31. The van der Waals surface area contributed by atoms with Crippen molar-refractivity contribution in [2.75, 3.05) is 10.6 Å². The van der Waals surface area contributed by atoms with Crippen LogP contribution in [0.2, 0.25) is 0 Å². The molecule has 0 saturated carbocycles. The van der Waals surface area contributed by atoms with Crippen LogP contribution in [-0.4, -0.2) is 15.9 Å². The fraction of sp³-hybridized carbons (Fsp3) is 0. The van der Waals surface area contributed by atoms with Crippen LogP contribution in [-0.2, 0) is 0 Å². The Bertz CT molecular complexity index is 933. The number of nitrogens with zero attached hydrogens (tertiary/aromatic N) is 3. The molecule has 0 bridgehead atoms. The number of hydrogen-bond acceptors (Lipinski definition) is 5. The van der Waals surface area contributed by atoms with Gasteiger partial charge in [0, 0.05) is 5.69 Å². The molecule has 0 radical (unpaired) electrons. The molecule has 6 nitrogen and oxygen atoms in total. The van der Waals surface area contributed by atoms with Crippen LogP contribution >= 0.6 is 0 Å². The van der Waals surface area contributed by atoms with Crippen molar-refractivity contribution in [1.82, 2.24) is 9.97 Å². The molecule has 0 saturated heterocycles. The van der Waals surface area contributed by atoms with Gasteiger partial charge in [-0.2, -0.15) is 5.26 Å². The van der Waals surface area contributed by atoms with E-state index in [1.807, 2.05) is 6.07 Å². The molecule has 0 spiro atoms. The van der Waals surface area contributed by atoms with E-state index in [4.69, 9.17) is 5.26 Å². The van der Waals surface area contributed by atoms with Crippen LogP contribution in [0.25, 0.3) is 0 Å². The van der Waals surface area contributed by atoms with Gasteiger partial charge in [0.2, 0.25) is 0 Å². The maximum Gasteiger partial charge on any atom is 0.275 e. The van der Waals surface area contributed by atoms with Gasteiger partial charge >= 0.3 is 0 Å². The molecule has 0 aliphatic carbocycles. The van der Waals surface area contributed by atoms with Crippen molar-refractivity contribution in [3.05, 3.63) is 78.0 Å². The van der Waals surface area contributed by atoms with Crippen LogP contribution in [0.5, 0.6) is 0 Å². The summed E-state index contributed by atoms with van der Waals surface area (Å²) in [6, 6.07) is 14.7. The largest absolute Gasteiger partial charge is 0.339 e. The first kappa shape index (κ1) is 16.1. The topological polar surface area (TPSA) is 90.7 Å². The normalized spacial score (nSPS) is 9.92. The van der Waals surface area contributed by atoms with E-state index in [9.17, 15) is 9.18 Å². The van der Waals surface area contributed by atoms with E-state index in [-0.39, 0.29) is 11.4 Å². The molecule has 3 aromatic rings. The maximum atomic E-state index is 13.5. The van der Waals surface area contributed by atoms with Gasteiger partial charge in [-0.25, -0.2) is 14.4 Å². The van der Waals surface area contributed by atoms with Crippen molar-refractivity contribution < 1.29 is 9.18 Å². The number of benzene rings is 2. The predicted molar refractivity (Wildman–Crippen MR) is 90.8 cm³/mol. The molecule has 0 atom stereocenters. The van der Waals surface area contributed by atoms with Gasteiger partial charge in [-0.05, 0) is 36.4 Å². The summed E-state index contributed by atoms with van der Waals surface area (Å²) >= 11 is 0. The molecule has 2 N–H and O–H groups in total. The highest BCUT2D eigenvalue weighted by Gasteiger charge is 2.11. The Balaban J connectivity index is 1.68. The number of rotatable bonds is 4. The average Bonchev–Trinajstić information content (AvgIpc) is 2.65. The number of amides is 1. The molecule has 0 aliphatic rings. The van der Waals surface area contributed by atoms with Gasteiger partial charge in [0.05, 0.1) is 29.7 Å². The highest BCUT2D eigenvalue weighted by molar-refractivity contribution is 6.02. The van der Waals surface area contributed by atoms with E-state index in [1.165, 1.54) is 30.6 Å². The van der Waals surface area contributed by atoms with Crippen LogP contribution in [0.15, 0.2) is 60.9 Å². The molecule has 122 valence electrons. The SMILES string of the molecule is N#Cc1ccc(Nc2cnc(C(=O)Nc3ccccc3F)cn2)cc1. The minimum atomic E-state index is -0.553. The molecule has 1 heterocycles. The number of para-hydroxylation sites is 1. The number of anilines is 3.